The van der Waals surface area contributed by atoms with Crippen LogP contribution in [0.25, 0.3) is 0 Å². The van der Waals surface area contributed by atoms with Crippen molar-refractivity contribution in [3.63, 3.8) is 0 Å². The van der Waals surface area contributed by atoms with E-state index in [0.29, 0.717) is 48.2 Å². The molecule has 0 atom stereocenters. The number of aromatic nitrogens is 2. The smallest absolute Gasteiger partial charge is 0.246 e. The van der Waals surface area contributed by atoms with E-state index in [4.69, 9.17) is 10.5 Å². The van der Waals surface area contributed by atoms with Crippen LogP contribution in [0.1, 0.15) is 23.4 Å². The summed E-state index contributed by atoms with van der Waals surface area (Å²) >= 11 is 1.22. The van der Waals surface area contributed by atoms with Gasteiger partial charge < -0.3 is 10.5 Å². The number of nitrogens with one attached hydrogen (secondary N) is 1. The average Bonchev–Trinajstić information content (AvgIpc) is 2.97. The summed E-state index contributed by atoms with van der Waals surface area (Å²) in [6.45, 7) is 0.942. The van der Waals surface area contributed by atoms with E-state index in [2.05, 4.69) is 15.5 Å². The first-order valence-electron chi connectivity index (χ1n) is 7.31. The van der Waals surface area contributed by atoms with Crippen molar-refractivity contribution < 1.29 is 13.9 Å². The molecule has 1 fully saturated rings. The lowest BCUT2D eigenvalue weighted by molar-refractivity contribution is -0.124. The third kappa shape index (κ3) is 4.27. The second-order valence-corrected chi connectivity index (χ2v) is 6.55. The molecule has 2 heterocycles. The molecule has 0 bridgehead atoms. The Bertz CT molecular complexity index is 706. The molecule has 24 heavy (non-hydrogen) atoms. The van der Waals surface area contributed by atoms with Crippen LogP contribution in [-0.2, 0) is 16.0 Å². The van der Waals surface area contributed by atoms with Gasteiger partial charge in [-0.3, -0.25) is 10.1 Å². The summed E-state index contributed by atoms with van der Waals surface area (Å²) < 4.78 is 18.9. The Morgan fingerprint density at radius 1 is 1.33 bits per heavy atom. The van der Waals surface area contributed by atoms with E-state index >= 15 is 0 Å². The minimum Gasteiger partial charge on any atom is -0.381 e. The van der Waals surface area contributed by atoms with Crippen LogP contribution in [0, 0.1) is 5.82 Å². The highest BCUT2D eigenvalue weighted by Gasteiger charge is 2.36. The molecule has 9 heteroatoms. The summed E-state index contributed by atoms with van der Waals surface area (Å²) in [6, 6.07) is 6.51. The molecule has 1 aliphatic rings. The molecule has 1 aliphatic heterocycles. The molecule has 1 aromatic carbocycles. The van der Waals surface area contributed by atoms with E-state index in [1.54, 1.807) is 18.2 Å². The van der Waals surface area contributed by atoms with Gasteiger partial charge in [0, 0.05) is 19.6 Å². The van der Waals surface area contributed by atoms with Crippen molar-refractivity contribution in [2.75, 3.05) is 18.5 Å². The Balaban J connectivity index is 0.00000208. The van der Waals surface area contributed by atoms with Gasteiger partial charge in [-0.25, -0.2) is 4.39 Å². The van der Waals surface area contributed by atoms with Crippen LogP contribution >= 0.6 is 23.7 Å². The molecular weight excluding hydrogens is 355 g/mol. The molecule has 0 spiro atoms. The molecule has 0 aliphatic carbocycles. The Labute approximate surface area is 149 Å². The maximum atomic E-state index is 13.6. The molecule has 1 amide bonds. The van der Waals surface area contributed by atoms with Gasteiger partial charge in [0.1, 0.15) is 16.4 Å². The number of ether oxygens (including phenoxy) is 1. The number of hydrogen-bond donors (Lipinski definition) is 2. The largest absolute Gasteiger partial charge is 0.381 e. The molecule has 0 saturated carbocycles. The summed E-state index contributed by atoms with van der Waals surface area (Å²) in [7, 11) is 0. The SMILES string of the molecule is Cl.NC1(C(=O)Nc2nnc(Cc3ccccc3F)s2)CCOCC1. The molecule has 0 unspecified atom stereocenters. The van der Waals surface area contributed by atoms with Gasteiger partial charge in [0.05, 0.1) is 0 Å². The maximum absolute atomic E-state index is 13.6. The number of benzene rings is 1. The standard InChI is InChI=1S/C15H17FN4O2S.ClH/c16-11-4-2-1-3-10(11)9-12-19-20-14(23-12)18-13(21)15(17)5-7-22-8-6-15;/h1-4H,5-9,17H2,(H,18,20,21);1H. The molecule has 3 N–H and O–H groups in total. The van der Waals surface area contributed by atoms with Gasteiger partial charge in [-0.2, -0.15) is 0 Å². The van der Waals surface area contributed by atoms with Crippen molar-refractivity contribution in [2.24, 2.45) is 5.73 Å². The third-order valence-electron chi connectivity index (χ3n) is 3.82. The van der Waals surface area contributed by atoms with Gasteiger partial charge in [-0.1, -0.05) is 29.5 Å². The van der Waals surface area contributed by atoms with Gasteiger partial charge in [0.2, 0.25) is 11.0 Å². The van der Waals surface area contributed by atoms with Gasteiger partial charge in [-0.15, -0.1) is 22.6 Å². The van der Waals surface area contributed by atoms with Gasteiger partial charge in [0.15, 0.2) is 0 Å². The van der Waals surface area contributed by atoms with E-state index in [1.807, 2.05) is 0 Å². The number of nitrogens with two attached hydrogens (primary N) is 1. The summed E-state index contributed by atoms with van der Waals surface area (Å²) in [5.41, 5.74) is 5.72. The van der Waals surface area contributed by atoms with Crippen LogP contribution in [0.4, 0.5) is 9.52 Å². The number of carbonyl (C=O) groups excluding carboxylic acids is 1. The van der Waals surface area contributed by atoms with E-state index in [0.717, 1.165) is 0 Å². The Morgan fingerprint density at radius 2 is 2.04 bits per heavy atom. The zero-order chi connectivity index (χ0) is 16.3. The average molecular weight is 373 g/mol. The number of anilines is 1. The van der Waals surface area contributed by atoms with Gasteiger partial charge >= 0.3 is 0 Å². The van der Waals surface area contributed by atoms with Gasteiger partial charge in [0.25, 0.3) is 0 Å². The first kappa shape index (κ1) is 18.7. The van der Waals surface area contributed by atoms with Crippen LogP contribution in [0.3, 0.4) is 0 Å². The quantitative estimate of drug-likeness (QED) is 0.858. The fourth-order valence-electron chi connectivity index (χ4n) is 2.36. The number of carbonyl (C=O) groups is 1. The molecule has 2 aromatic rings. The van der Waals surface area contributed by atoms with Crippen molar-refractivity contribution in [3.05, 3.63) is 40.7 Å². The second kappa shape index (κ2) is 7.98. The molecule has 1 aromatic heterocycles. The summed E-state index contributed by atoms with van der Waals surface area (Å²) in [5.74, 6) is -0.564. The van der Waals surface area contributed by atoms with E-state index in [-0.39, 0.29) is 24.1 Å². The highest BCUT2D eigenvalue weighted by molar-refractivity contribution is 7.15. The first-order valence-corrected chi connectivity index (χ1v) is 8.12. The summed E-state index contributed by atoms with van der Waals surface area (Å²) in [5, 5.41) is 11.6. The Hall–Kier alpha value is -1.61. The predicted molar refractivity (Wildman–Crippen MR) is 92.0 cm³/mol. The lowest BCUT2D eigenvalue weighted by Gasteiger charge is -2.31. The van der Waals surface area contributed by atoms with Crippen molar-refractivity contribution in [2.45, 2.75) is 24.8 Å². The number of amides is 1. The summed E-state index contributed by atoms with van der Waals surface area (Å²) in [6.07, 6.45) is 1.28. The highest BCUT2D eigenvalue weighted by Crippen LogP contribution is 2.23. The maximum Gasteiger partial charge on any atom is 0.246 e. The van der Waals surface area contributed by atoms with Crippen molar-refractivity contribution >= 4 is 34.8 Å². The van der Waals surface area contributed by atoms with Crippen LogP contribution in [-0.4, -0.2) is 34.9 Å². The van der Waals surface area contributed by atoms with Crippen LogP contribution in [0.2, 0.25) is 0 Å². The number of rotatable bonds is 4. The van der Waals surface area contributed by atoms with Crippen LogP contribution in [0.5, 0.6) is 0 Å². The first-order chi connectivity index (χ1) is 11.1. The highest BCUT2D eigenvalue weighted by atomic mass is 35.5. The number of halogens is 2. The third-order valence-corrected chi connectivity index (χ3v) is 4.66. The molecule has 0 radical (unpaired) electrons. The fourth-order valence-corrected chi connectivity index (χ4v) is 3.12. The molecule has 3 rings (SSSR count). The monoisotopic (exact) mass is 372 g/mol. The number of nitrogens with zero attached hydrogens (tertiary/aromatic N) is 2. The van der Waals surface area contributed by atoms with Crippen molar-refractivity contribution in [1.82, 2.24) is 10.2 Å². The zero-order valence-electron chi connectivity index (χ0n) is 12.8. The zero-order valence-corrected chi connectivity index (χ0v) is 14.5. The normalized spacial score (nSPS) is 16.2. The van der Waals surface area contributed by atoms with Crippen LogP contribution < -0.4 is 11.1 Å². The number of hydrogen-bond acceptors (Lipinski definition) is 6. The summed E-state index contributed by atoms with van der Waals surface area (Å²) in [4.78, 5) is 12.3. The van der Waals surface area contributed by atoms with E-state index in [9.17, 15) is 9.18 Å². The van der Waals surface area contributed by atoms with Crippen molar-refractivity contribution in [1.29, 1.82) is 0 Å². The topological polar surface area (TPSA) is 90.1 Å². The second-order valence-electron chi connectivity index (χ2n) is 5.49. The molecule has 130 valence electrons. The fraction of sp³-hybridized carbons (Fsp3) is 0.400. The molecular formula is C15H18ClFN4O2S. The Kier molecular flexibility index (Phi) is 6.22. The minimum absolute atomic E-state index is 0. The van der Waals surface area contributed by atoms with E-state index in [1.165, 1.54) is 17.4 Å². The Morgan fingerprint density at radius 3 is 2.75 bits per heavy atom. The molecule has 6 nitrogen and oxygen atoms in total. The molecule has 1 saturated heterocycles. The lowest BCUT2D eigenvalue weighted by atomic mass is 9.90. The lowest BCUT2D eigenvalue weighted by Crippen LogP contribution is -2.54. The minimum atomic E-state index is -0.935. The van der Waals surface area contributed by atoms with Crippen molar-refractivity contribution in [3.8, 4) is 0 Å². The van der Waals surface area contributed by atoms with Crippen LogP contribution in [0.15, 0.2) is 24.3 Å². The van der Waals surface area contributed by atoms with Gasteiger partial charge in [-0.05, 0) is 24.5 Å². The van der Waals surface area contributed by atoms with E-state index < -0.39 is 5.54 Å². The predicted octanol–water partition coefficient (Wildman–Crippen LogP) is 2.14.